The van der Waals surface area contributed by atoms with Gasteiger partial charge < -0.3 is 26.0 Å². The standard InChI is InChI=1S/C22H30N4O4/c27-20(28)12-19-21(29)24-13-17-11-16(1-2-18(17)25-19)22(30)26-9-5-15(6-10-26)14-3-7-23-8-4-14/h1-2,11,14-15,19,23,25H,3-10,12-13H2,(H,24,29)(H,27,28)/t19-/m0/s1. The van der Waals surface area contributed by atoms with E-state index in [-0.39, 0.29) is 24.8 Å². The molecular weight excluding hydrogens is 384 g/mol. The predicted octanol–water partition coefficient (Wildman–Crippen LogP) is 1.42. The molecular formula is C22H30N4O4. The largest absolute Gasteiger partial charge is 0.481 e. The minimum atomic E-state index is -1.04. The molecule has 2 saturated heterocycles. The number of carboxylic acid groups (broad SMARTS) is 1. The summed E-state index contributed by atoms with van der Waals surface area (Å²) in [5.41, 5.74) is 2.11. The van der Waals surface area contributed by atoms with Crippen LogP contribution < -0.4 is 16.0 Å². The van der Waals surface area contributed by atoms with Crippen molar-refractivity contribution in [2.45, 2.75) is 44.7 Å². The van der Waals surface area contributed by atoms with Crippen LogP contribution in [0, 0.1) is 11.8 Å². The van der Waals surface area contributed by atoms with Crippen LogP contribution in [0.2, 0.25) is 0 Å². The third-order valence-electron chi connectivity index (χ3n) is 6.71. The van der Waals surface area contributed by atoms with Crippen molar-refractivity contribution in [3.05, 3.63) is 29.3 Å². The second kappa shape index (κ2) is 9.04. The van der Waals surface area contributed by atoms with Crippen LogP contribution in [0.4, 0.5) is 5.69 Å². The van der Waals surface area contributed by atoms with Crippen molar-refractivity contribution in [3.63, 3.8) is 0 Å². The van der Waals surface area contributed by atoms with Gasteiger partial charge in [-0.2, -0.15) is 0 Å². The molecule has 2 amide bonds. The number of carbonyl (C=O) groups excluding carboxylic acids is 2. The summed E-state index contributed by atoms with van der Waals surface area (Å²) < 4.78 is 0. The molecule has 8 heteroatoms. The number of carbonyl (C=O) groups is 3. The van der Waals surface area contributed by atoms with Gasteiger partial charge in [-0.1, -0.05) is 0 Å². The summed E-state index contributed by atoms with van der Waals surface area (Å²) in [4.78, 5) is 38.1. The van der Waals surface area contributed by atoms with Crippen LogP contribution in [0.15, 0.2) is 18.2 Å². The lowest BCUT2D eigenvalue weighted by Crippen LogP contribution is -2.42. The third kappa shape index (κ3) is 4.59. The molecule has 0 aromatic heterocycles. The Labute approximate surface area is 176 Å². The number of benzene rings is 1. The van der Waals surface area contributed by atoms with E-state index in [1.165, 1.54) is 12.8 Å². The Morgan fingerprint density at radius 1 is 1.07 bits per heavy atom. The van der Waals surface area contributed by atoms with Crippen molar-refractivity contribution >= 4 is 23.5 Å². The molecule has 0 bridgehead atoms. The predicted molar refractivity (Wildman–Crippen MR) is 112 cm³/mol. The first-order chi connectivity index (χ1) is 14.5. The van der Waals surface area contributed by atoms with Gasteiger partial charge >= 0.3 is 5.97 Å². The van der Waals surface area contributed by atoms with Crippen LogP contribution in [0.3, 0.4) is 0 Å². The van der Waals surface area contributed by atoms with Crippen molar-refractivity contribution in [1.29, 1.82) is 0 Å². The Morgan fingerprint density at radius 3 is 2.47 bits per heavy atom. The Morgan fingerprint density at radius 2 is 1.77 bits per heavy atom. The zero-order valence-electron chi connectivity index (χ0n) is 17.2. The first-order valence-corrected chi connectivity index (χ1v) is 10.9. The van der Waals surface area contributed by atoms with Gasteiger partial charge in [0.05, 0.1) is 6.42 Å². The van der Waals surface area contributed by atoms with E-state index in [2.05, 4.69) is 16.0 Å². The number of amides is 2. The zero-order valence-corrected chi connectivity index (χ0v) is 17.2. The first kappa shape index (κ1) is 20.7. The summed E-state index contributed by atoms with van der Waals surface area (Å²) in [7, 11) is 0. The lowest BCUT2D eigenvalue weighted by molar-refractivity contribution is -0.139. The maximum Gasteiger partial charge on any atom is 0.305 e. The van der Waals surface area contributed by atoms with Crippen LogP contribution >= 0.6 is 0 Å². The number of aliphatic carboxylic acids is 1. The quantitative estimate of drug-likeness (QED) is 0.593. The lowest BCUT2D eigenvalue weighted by atomic mass is 9.79. The van der Waals surface area contributed by atoms with E-state index in [0.717, 1.165) is 50.5 Å². The molecule has 3 aliphatic rings. The molecule has 0 saturated carbocycles. The highest BCUT2D eigenvalue weighted by molar-refractivity contribution is 5.96. The highest BCUT2D eigenvalue weighted by Crippen LogP contribution is 2.31. The molecule has 0 unspecified atom stereocenters. The monoisotopic (exact) mass is 414 g/mol. The van der Waals surface area contributed by atoms with Gasteiger partial charge in [0.2, 0.25) is 5.91 Å². The van der Waals surface area contributed by atoms with Gasteiger partial charge in [0, 0.05) is 30.9 Å². The van der Waals surface area contributed by atoms with Crippen LogP contribution in [-0.2, 0) is 16.1 Å². The van der Waals surface area contributed by atoms with Crippen molar-refractivity contribution in [2.75, 3.05) is 31.5 Å². The summed E-state index contributed by atoms with van der Waals surface area (Å²) in [5.74, 6) is 0.143. The molecule has 1 aromatic carbocycles. The molecule has 0 aliphatic carbocycles. The third-order valence-corrected chi connectivity index (χ3v) is 6.71. The molecule has 4 rings (SSSR count). The fourth-order valence-electron chi connectivity index (χ4n) is 4.96. The number of hydrogen-bond donors (Lipinski definition) is 4. The second-order valence-corrected chi connectivity index (χ2v) is 8.60. The molecule has 30 heavy (non-hydrogen) atoms. The van der Waals surface area contributed by atoms with E-state index in [0.29, 0.717) is 17.2 Å². The van der Waals surface area contributed by atoms with E-state index in [1.807, 2.05) is 11.0 Å². The van der Waals surface area contributed by atoms with Crippen molar-refractivity contribution < 1.29 is 19.5 Å². The minimum absolute atomic E-state index is 0.0271. The molecule has 0 radical (unpaired) electrons. The Kier molecular flexibility index (Phi) is 6.22. The highest BCUT2D eigenvalue weighted by atomic mass is 16.4. The molecule has 162 valence electrons. The summed E-state index contributed by atoms with van der Waals surface area (Å²) in [6, 6.07) is 4.53. The summed E-state index contributed by atoms with van der Waals surface area (Å²) in [6.45, 7) is 4.07. The fraction of sp³-hybridized carbons (Fsp3) is 0.591. The summed E-state index contributed by atoms with van der Waals surface area (Å²) in [6.07, 6.45) is 4.32. The molecule has 2 fully saturated rings. The van der Waals surface area contributed by atoms with E-state index < -0.39 is 12.0 Å². The highest BCUT2D eigenvalue weighted by Gasteiger charge is 2.30. The zero-order chi connectivity index (χ0) is 21.1. The number of carboxylic acids is 1. The van der Waals surface area contributed by atoms with Crippen LogP contribution in [0.1, 0.15) is 48.0 Å². The van der Waals surface area contributed by atoms with Gasteiger partial charge in [-0.3, -0.25) is 14.4 Å². The topological polar surface area (TPSA) is 111 Å². The Hall–Kier alpha value is -2.61. The molecule has 3 heterocycles. The number of fused-ring (bicyclic) bond motifs is 1. The van der Waals surface area contributed by atoms with E-state index >= 15 is 0 Å². The fourth-order valence-corrected chi connectivity index (χ4v) is 4.96. The molecule has 1 aromatic rings. The minimum Gasteiger partial charge on any atom is -0.481 e. The maximum atomic E-state index is 13.1. The van der Waals surface area contributed by atoms with Gasteiger partial charge in [0.1, 0.15) is 6.04 Å². The first-order valence-electron chi connectivity index (χ1n) is 10.9. The SMILES string of the molecule is O=C(O)C[C@@H]1Nc2ccc(C(=O)N3CCC(C4CCNCC4)CC3)cc2CNC1=O. The normalized spacial score (nSPS) is 23.1. The molecule has 4 N–H and O–H groups in total. The Balaban J connectivity index is 1.40. The van der Waals surface area contributed by atoms with E-state index in [1.54, 1.807) is 12.1 Å². The lowest BCUT2D eigenvalue weighted by Gasteiger charge is -2.37. The molecule has 8 nitrogen and oxygen atoms in total. The van der Waals surface area contributed by atoms with Crippen molar-refractivity contribution in [1.82, 2.24) is 15.5 Å². The Bertz CT molecular complexity index is 813. The van der Waals surface area contributed by atoms with Gasteiger partial charge in [0.25, 0.3) is 5.91 Å². The second-order valence-electron chi connectivity index (χ2n) is 8.60. The molecule has 0 spiro atoms. The smallest absolute Gasteiger partial charge is 0.305 e. The van der Waals surface area contributed by atoms with Crippen LogP contribution in [0.25, 0.3) is 0 Å². The van der Waals surface area contributed by atoms with Crippen LogP contribution in [0.5, 0.6) is 0 Å². The average Bonchev–Trinajstić information content (AvgIpc) is 2.92. The molecule has 3 aliphatic heterocycles. The van der Waals surface area contributed by atoms with Gasteiger partial charge in [-0.15, -0.1) is 0 Å². The molecule has 1 atom stereocenters. The van der Waals surface area contributed by atoms with Gasteiger partial charge in [0.15, 0.2) is 0 Å². The van der Waals surface area contributed by atoms with Crippen molar-refractivity contribution in [3.8, 4) is 0 Å². The summed E-state index contributed by atoms with van der Waals surface area (Å²) in [5, 5.41) is 18.2. The van der Waals surface area contributed by atoms with E-state index in [4.69, 9.17) is 5.11 Å². The number of likely N-dealkylation sites (tertiary alicyclic amines) is 1. The van der Waals surface area contributed by atoms with Crippen molar-refractivity contribution in [2.24, 2.45) is 11.8 Å². The van der Waals surface area contributed by atoms with E-state index in [9.17, 15) is 14.4 Å². The number of rotatable bonds is 4. The van der Waals surface area contributed by atoms with Crippen LogP contribution in [-0.4, -0.2) is 60.0 Å². The van der Waals surface area contributed by atoms with Gasteiger partial charge in [-0.05, 0) is 74.4 Å². The average molecular weight is 415 g/mol. The van der Waals surface area contributed by atoms with Gasteiger partial charge in [-0.25, -0.2) is 0 Å². The number of hydrogen-bond acceptors (Lipinski definition) is 5. The number of nitrogens with one attached hydrogen (secondary N) is 3. The number of nitrogens with zero attached hydrogens (tertiary/aromatic N) is 1. The number of piperidine rings is 2. The number of anilines is 1. The maximum absolute atomic E-state index is 13.1. The summed E-state index contributed by atoms with van der Waals surface area (Å²) >= 11 is 0.